The Hall–Kier alpha value is -2.30. The van der Waals surface area contributed by atoms with E-state index >= 15 is 0 Å². The fourth-order valence-corrected chi connectivity index (χ4v) is 2.99. The Bertz CT molecular complexity index is 733. The van der Waals surface area contributed by atoms with Gasteiger partial charge in [0.15, 0.2) is 5.78 Å². The van der Waals surface area contributed by atoms with Crippen LogP contribution in [0.4, 0.5) is 4.79 Å². The highest BCUT2D eigenvalue weighted by molar-refractivity contribution is 6.11. The van der Waals surface area contributed by atoms with E-state index in [0.717, 1.165) is 35.7 Å². The van der Waals surface area contributed by atoms with E-state index in [1.165, 1.54) is 12.8 Å². The zero-order valence-electron chi connectivity index (χ0n) is 15.3. The Morgan fingerprint density at radius 3 is 2.56 bits per heavy atom. The second kappa shape index (κ2) is 9.25. The van der Waals surface area contributed by atoms with E-state index in [4.69, 9.17) is 9.47 Å². The molecule has 0 saturated heterocycles. The number of aryl methyl sites for hydroxylation is 1. The lowest BCUT2D eigenvalue weighted by atomic mass is 10.0. The SMILES string of the molecule is CCCCCCCC(=O)c1c(OC(=O)OCC)[nH]c2cccc(C)c12. The van der Waals surface area contributed by atoms with Crippen LogP contribution < -0.4 is 4.74 Å². The van der Waals surface area contributed by atoms with Crippen LogP contribution in [0.5, 0.6) is 5.88 Å². The number of Topliss-reactive ketones (excluding diaryl/α,β-unsaturated/α-hetero) is 1. The minimum Gasteiger partial charge on any atom is -0.434 e. The highest BCUT2D eigenvalue weighted by Gasteiger charge is 2.23. The monoisotopic (exact) mass is 345 g/mol. The lowest BCUT2D eigenvalue weighted by molar-refractivity contribution is 0.0959. The van der Waals surface area contributed by atoms with Crippen molar-refractivity contribution in [2.45, 2.75) is 59.3 Å². The molecular weight excluding hydrogens is 318 g/mol. The fourth-order valence-electron chi connectivity index (χ4n) is 2.99. The number of ketones is 1. The van der Waals surface area contributed by atoms with Gasteiger partial charge in [-0.2, -0.15) is 0 Å². The average molecular weight is 345 g/mol. The second-order valence-corrected chi connectivity index (χ2v) is 6.20. The Labute approximate surface area is 148 Å². The number of nitrogens with one attached hydrogen (secondary N) is 1. The molecule has 0 aliphatic carbocycles. The van der Waals surface area contributed by atoms with E-state index < -0.39 is 6.16 Å². The van der Waals surface area contributed by atoms with Crippen molar-refractivity contribution in [2.75, 3.05) is 6.61 Å². The normalized spacial score (nSPS) is 10.8. The number of carbonyl (C=O) groups excluding carboxylic acids is 2. The number of fused-ring (bicyclic) bond motifs is 1. The van der Waals surface area contributed by atoms with Crippen molar-refractivity contribution in [3.8, 4) is 5.88 Å². The van der Waals surface area contributed by atoms with E-state index in [9.17, 15) is 9.59 Å². The molecule has 0 unspecified atom stereocenters. The summed E-state index contributed by atoms with van der Waals surface area (Å²) < 4.78 is 10.1. The highest BCUT2D eigenvalue weighted by atomic mass is 16.7. The first-order valence-electron chi connectivity index (χ1n) is 9.07. The number of aromatic nitrogens is 1. The molecule has 1 N–H and O–H groups in total. The molecule has 2 aromatic rings. The van der Waals surface area contributed by atoms with Crippen LogP contribution in [-0.4, -0.2) is 23.5 Å². The molecule has 0 bridgehead atoms. The first-order chi connectivity index (χ1) is 12.1. The molecule has 0 amide bonds. The number of benzene rings is 1. The summed E-state index contributed by atoms with van der Waals surface area (Å²) in [5, 5.41) is 0.820. The van der Waals surface area contributed by atoms with Crippen LogP contribution in [0, 0.1) is 6.92 Å². The van der Waals surface area contributed by atoms with Crippen LogP contribution in [0.15, 0.2) is 18.2 Å². The second-order valence-electron chi connectivity index (χ2n) is 6.20. The maximum absolute atomic E-state index is 12.8. The molecule has 25 heavy (non-hydrogen) atoms. The Kier molecular flexibility index (Phi) is 7.04. The summed E-state index contributed by atoms with van der Waals surface area (Å²) in [7, 11) is 0. The summed E-state index contributed by atoms with van der Waals surface area (Å²) in [5.41, 5.74) is 2.21. The van der Waals surface area contributed by atoms with Gasteiger partial charge in [-0.3, -0.25) is 4.79 Å². The van der Waals surface area contributed by atoms with Gasteiger partial charge in [-0.15, -0.1) is 0 Å². The molecule has 136 valence electrons. The van der Waals surface area contributed by atoms with Crippen LogP contribution in [0.3, 0.4) is 0 Å². The first kappa shape index (κ1) is 19.0. The van der Waals surface area contributed by atoms with Crippen molar-refractivity contribution in [2.24, 2.45) is 0 Å². The van der Waals surface area contributed by atoms with Gasteiger partial charge >= 0.3 is 6.16 Å². The molecule has 0 radical (unpaired) electrons. The van der Waals surface area contributed by atoms with Crippen molar-refractivity contribution >= 4 is 22.8 Å². The predicted molar refractivity (Wildman–Crippen MR) is 98.4 cm³/mol. The minimum absolute atomic E-state index is 0.00338. The van der Waals surface area contributed by atoms with Crippen molar-refractivity contribution in [3.63, 3.8) is 0 Å². The molecule has 5 heteroatoms. The molecule has 0 aliphatic rings. The lowest BCUT2D eigenvalue weighted by Crippen LogP contribution is -2.12. The highest BCUT2D eigenvalue weighted by Crippen LogP contribution is 2.32. The largest absolute Gasteiger partial charge is 0.515 e. The van der Waals surface area contributed by atoms with Gasteiger partial charge in [-0.05, 0) is 31.9 Å². The van der Waals surface area contributed by atoms with E-state index in [2.05, 4.69) is 11.9 Å². The minimum atomic E-state index is -0.802. The summed E-state index contributed by atoms with van der Waals surface area (Å²) in [5.74, 6) is 0.178. The Balaban J connectivity index is 2.24. The molecule has 2 rings (SSSR count). The number of hydrogen-bond acceptors (Lipinski definition) is 4. The van der Waals surface area contributed by atoms with Gasteiger partial charge in [0.2, 0.25) is 5.88 Å². The standard InChI is InChI=1S/C20H27NO4/c1-4-6-7-8-9-13-16(22)18-17-14(3)11-10-12-15(17)21-19(18)25-20(23)24-5-2/h10-12,21H,4-9,13H2,1-3H3. The van der Waals surface area contributed by atoms with Crippen LogP contribution in [0.2, 0.25) is 0 Å². The summed E-state index contributed by atoms with van der Waals surface area (Å²) in [6, 6.07) is 5.72. The molecule has 1 aromatic carbocycles. The van der Waals surface area contributed by atoms with E-state index in [1.807, 2.05) is 25.1 Å². The molecule has 1 aromatic heterocycles. The zero-order chi connectivity index (χ0) is 18.2. The molecule has 0 saturated carbocycles. The third-order valence-electron chi connectivity index (χ3n) is 4.23. The molecule has 0 fully saturated rings. The lowest BCUT2D eigenvalue weighted by Gasteiger charge is -2.06. The number of H-pyrrole nitrogens is 1. The van der Waals surface area contributed by atoms with Crippen molar-refractivity contribution in [1.29, 1.82) is 0 Å². The fraction of sp³-hybridized carbons (Fsp3) is 0.500. The number of rotatable bonds is 9. The van der Waals surface area contributed by atoms with Gasteiger partial charge < -0.3 is 14.5 Å². The van der Waals surface area contributed by atoms with Crippen molar-refractivity contribution in [1.82, 2.24) is 4.98 Å². The number of aromatic amines is 1. The van der Waals surface area contributed by atoms with E-state index in [-0.39, 0.29) is 18.3 Å². The quantitative estimate of drug-likeness (QED) is 0.367. The van der Waals surface area contributed by atoms with Gasteiger partial charge in [0.25, 0.3) is 0 Å². The Morgan fingerprint density at radius 1 is 1.08 bits per heavy atom. The molecule has 1 heterocycles. The Morgan fingerprint density at radius 2 is 1.84 bits per heavy atom. The zero-order valence-corrected chi connectivity index (χ0v) is 15.3. The van der Waals surface area contributed by atoms with Gasteiger partial charge in [0.1, 0.15) is 0 Å². The first-order valence-corrected chi connectivity index (χ1v) is 9.07. The maximum atomic E-state index is 12.8. The van der Waals surface area contributed by atoms with Crippen LogP contribution in [-0.2, 0) is 4.74 Å². The predicted octanol–water partition coefficient (Wildman–Crippen LogP) is 5.55. The number of unbranched alkanes of at least 4 members (excludes halogenated alkanes) is 4. The van der Waals surface area contributed by atoms with Gasteiger partial charge in [-0.25, -0.2) is 4.79 Å². The molecule has 5 nitrogen and oxygen atoms in total. The third-order valence-corrected chi connectivity index (χ3v) is 4.23. The smallest absolute Gasteiger partial charge is 0.434 e. The summed E-state index contributed by atoms with van der Waals surface area (Å²) in [4.78, 5) is 27.6. The average Bonchev–Trinajstić information content (AvgIpc) is 2.94. The number of hydrogen-bond donors (Lipinski definition) is 1. The van der Waals surface area contributed by atoms with Crippen molar-refractivity contribution < 1.29 is 19.1 Å². The van der Waals surface area contributed by atoms with Gasteiger partial charge in [-0.1, -0.05) is 44.7 Å². The van der Waals surface area contributed by atoms with Gasteiger partial charge in [0.05, 0.1) is 12.2 Å². The van der Waals surface area contributed by atoms with E-state index in [1.54, 1.807) is 6.92 Å². The van der Waals surface area contributed by atoms with Gasteiger partial charge in [0, 0.05) is 17.3 Å². The molecule has 0 atom stereocenters. The summed E-state index contributed by atoms with van der Waals surface area (Å²) in [6.45, 7) is 6.04. The summed E-state index contributed by atoms with van der Waals surface area (Å²) >= 11 is 0. The van der Waals surface area contributed by atoms with Crippen molar-refractivity contribution in [3.05, 3.63) is 29.3 Å². The molecule has 0 aliphatic heterocycles. The summed E-state index contributed by atoms with van der Waals surface area (Å²) in [6.07, 6.45) is 5.03. The number of ether oxygens (including phenoxy) is 2. The van der Waals surface area contributed by atoms with E-state index in [0.29, 0.717) is 12.0 Å². The van der Waals surface area contributed by atoms with Crippen LogP contribution >= 0.6 is 0 Å². The van der Waals surface area contributed by atoms with Crippen LogP contribution in [0.1, 0.15) is 68.3 Å². The topological polar surface area (TPSA) is 68.4 Å². The maximum Gasteiger partial charge on any atom is 0.515 e. The number of carbonyl (C=O) groups is 2. The molecular formula is C20H27NO4. The third kappa shape index (κ3) is 4.84. The molecule has 0 spiro atoms. The van der Waals surface area contributed by atoms with Crippen LogP contribution in [0.25, 0.3) is 10.9 Å².